The summed E-state index contributed by atoms with van der Waals surface area (Å²) in [7, 11) is 1.48. The summed E-state index contributed by atoms with van der Waals surface area (Å²) in [5.74, 6) is -2.46. The number of hydrogen-bond acceptors (Lipinski definition) is 5. The lowest BCUT2D eigenvalue weighted by Gasteiger charge is -2.17. The molecule has 0 spiro atoms. The molecule has 0 aliphatic heterocycles. The van der Waals surface area contributed by atoms with Crippen molar-refractivity contribution in [3.05, 3.63) is 39.4 Å². The zero-order valence-electron chi connectivity index (χ0n) is 9.43. The molecule has 0 amide bonds. The summed E-state index contributed by atoms with van der Waals surface area (Å²) >= 11 is 0. The first kappa shape index (κ1) is 14.4. The maximum atomic E-state index is 13.3. The van der Waals surface area contributed by atoms with Crippen LogP contribution in [0.4, 0.5) is 14.5 Å². The summed E-state index contributed by atoms with van der Waals surface area (Å²) in [6.07, 6.45) is -3.18. The molecule has 1 aromatic carbocycles. The van der Waals surface area contributed by atoms with Crippen LogP contribution in [0.15, 0.2) is 12.1 Å². The number of benzene rings is 1. The summed E-state index contributed by atoms with van der Waals surface area (Å²) in [6.45, 7) is -0.0869. The van der Waals surface area contributed by atoms with Crippen molar-refractivity contribution in [3.8, 4) is 0 Å². The van der Waals surface area contributed by atoms with Crippen LogP contribution >= 0.6 is 0 Å². The molecule has 1 rings (SSSR count). The van der Waals surface area contributed by atoms with E-state index in [-0.39, 0.29) is 6.54 Å². The van der Waals surface area contributed by atoms with Crippen LogP contribution < -0.4 is 5.32 Å². The highest BCUT2D eigenvalue weighted by Gasteiger charge is 2.30. The van der Waals surface area contributed by atoms with Gasteiger partial charge in [0.05, 0.1) is 16.6 Å². The van der Waals surface area contributed by atoms with E-state index in [9.17, 15) is 29.1 Å². The van der Waals surface area contributed by atoms with Gasteiger partial charge < -0.3 is 15.5 Å². The second kappa shape index (κ2) is 5.80. The smallest absolute Gasteiger partial charge is 0.310 e. The predicted molar refractivity (Wildman–Crippen MR) is 57.9 cm³/mol. The average molecular weight is 262 g/mol. The molecule has 2 atom stereocenters. The number of nitrogens with one attached hydrogen (secondary N) is 1. The highest BCUT2D eigenvalue weighted by Crippen LogP contribution is 2.30. The van der Waals surface area contributed by atoms with Crippen LogP contribution in [0.3, 0.4) is 0 Å². The molecule has 0 aliphatic carbocycles. The summed E-state index contributed by atoms with van der Waals surface area (Å²) in [5.41, 5.74) is -1.64. The van der Waals surface area contributed by atoms with E-state index >= 15 is 0 Å². The summed E-state index contributed by atoms with van der Waals surface area (Å²) in [4.78, 5) is 9.60. The first-order valence-corrected chi connectivity index (χ1v) is 5.02. The van der Waals surface area contributed by atoms with Crippen molar-refractivity contribution < 1.29 is 23.9 Å². The molecule has 0 aliphatic rings. The van der Waals surface area contributed by atoms with Gasteiger partial charge in [0.15, 0.2) is 0 Å². The maximum Gasteiger partial charge on any atom is 0.310 e. The van der Waals surface area contributed by atoms with Crippen molar-refractivity contribution in [1.29, 1.82) is 0 Å². The number of halogens is 2. The lowest BCUT2D eigenvalue weighted by molar-refractivity contribution is -0.389. The Kier molecular flexibility index (Phi) is 4.65. The van der Waals surface area contributed by atoms with Gasteiger partial charge in [0.25, 0.3) is 0 Å². The van der Waals surface area contributed by atoms with Crippen molar-refractivity contribution in [1.82, 2.24) is 5.32 Å². The standard InChI is InChI=1S/C10H12F2N2O4/c1-13-4-8(15)10(16)6-2-5(11)3-7(12)9(6)14(17)18/h2-3,8,10,13,15-16H,4H2,1H3. The molecule has 0 radical (unpaired) electrons. The molecule has 18 heavy (non-hydrogen) atoms. The second-order valence-corrected chi connectivity index (χ2v) is 3.65. The molecule has 0 aromatic heterocycles. The number of hydrogen-bond donors (Lipinski definition) is 3. The lowest BCUT2D eigenvalue weighted by atomic mass is 10.0. The minimum Gasteiger partial charge on any atom is -0.389 e. The van der Waals surface area contributed by atoms with Crippen LogP contribution in [0.1, 0.15) is 11.7 Å². The van der Waals surface area contributed by atoms with Crippen LogP contribution in [0, 0.1) is 21.7 Å². The van der Waals surface area contributed by atoms with Gasteiger partial charge in [-0.3, -0.25) is 10.1 Å². The van der Waals surface area contributed by atoms with Gasteiger partial charge in [-0.1, -0.05) is 0 Å². The third-order valence-electron chi connectivity index (χ3n) is 2.34. The number of nitro benzene ring substituents is 1. The Bertz CT molecular complexity index is 456. The van der Waals surface area contributed by atoms with Crippen molar-refractivity contribution >= 4 is 5.69 Å². The van der Waals surface area contributed by atoms with Gasteiger partial charge in [0.1, 0.15) is 11.9 Å². The summed E-state index contributed by atoms with van der Waals surface area (Å²) in [6, 6.07) is 0.976. The Morgan fingerprint density at radius 1 is 1.44 bits per heavy atom. The number of nitrogens with zero attached hydrogens (tertiary/aromatic N) is 1. The molecule has 2 unspecified atom stereocenters. The summed E-state index contributed by atoms with van der Waals surface area (Å²) in [5, 5.41) is 32.4. The number of likely N-dealkylation sites (N-methyl/N-ethyl adjacent to an activating group) is 1. The van der Waals surface area contributed by atoms with E-state index in [2.05, 4.69) is 5.32 Å². The zero-order chi connectivity index (χ0) is 13.9. The highest BCUT2D eigenvalue weighted by molar-refractivity contribution is 5.43. The van der Waals surface area contributed by atoms with Crippen LogP contribution in [-0.4, -0.2) is 34.8 Å². The van der Waals surface area contributed by atoms with Crippen LogP contribution in [0.2, 0.25) is 0 Å². The first-order chi connectivity index (χ1) is 8.38. The Morgan fingerprint density at radius 3 is 2.56 bits per heavy atom. The largest absolute Gasteiger partial charge is 0.389 e. The normalized spacial score (nSPS) is 14.3. The Labute approximate surface area is 101 Å². The molecule has 0 saturated carbocycles. The zero-order valence-corrected chi connectivity index (χ0v) is 9.43. The van der Waals surface area contributed by atoms with E-state index in [1.807, 2.05) is 0 Å². The average Bonchev–Trinajstić information content (AvgIpc) is 2.26. The van der Waals surface area contributed by atoms with E-state index in [0.29, 0.717) is 12.1 Å². The Balaban J connectivity index is 3.25. The van der Waals surface area contributed by atoms with E-state index in [1.54, 1.807) is 0 Å². The van der Waals surface area contributed by atoms with Crippen molar-refractivity contribution in [2.75, 3.05) is 13.6 Å². The molecule has 0 saturated heterocycles. The molecule has 0 heterocycles. The molecule has 100 valence electrons. The third kappa shape index (κ3) is 2.97. The Morgan fingerprint density at radius 2 is 2.06 bits per heavy atom. The molecular weight excluding hydrogens is 250 g/mol. The minimum atomic E-state index is -1.76. The fourth-order valence-corrected chi connectivity index (χ4v) is 1.53. The number of aliphatic hydroxyl groups excluding tert-OH is 2. The topological polar surface area (TPSA) is 95.6 Å². The van der Waals surface area contributed by atoms with Crippen molar-refractivity contribution in [3.63, 3.8) is 0 Å². The SMILES string of the molecule is CNCC(O)C(O)c1cc(F)cc(F)c1[N+](=O)[O-]. The van der Waals surface area contributed by atoms with Crippen LogP contribution in [-0.2, 0) is 0 Å². The van der Waals surface area contributed by atoms with Gasteiger partial charge in [0.2, 0.25) is 5.82 Å². The fourth-order valence-electron chi connectivity index (χ4n) is 1.53. The van der Waals surface area contributed by atoms with Gasteiger partial charge in [-0.2, -0.15) is 4.39 Å². The van der Waals surface area contributed by atoms with Gasteiger partial charge in [-0.05, 0) is 13.1 Å². The lowest BCUT2D eigenvalue weighted by Crippen LogP contribution is -2.30. The quantitative estimate of drug-likeness (QED) is 0.530. The van der Waals surface area contributed by atoms with Crippen molar-refractivity contribution in [2.24, 2.45) is 0 Å². The molecular formula is C10H12F2N2O4. The minimum absolute atomic E-state index is 0.0869. The predicted octanol–water partition coefficient (Wildman–Crippen LogP) is 0.487. The Hall–Kier alpha value is -1.64. The van der Waals surface area contributed by atoms with E-state index in [4.69, 9.17) is 0 Å². The van der Waals surface area contributed by atoms with Gasteiger partial charge in [0, 0.05) is 12.6 Å². The van der Waals surface area contributed by atoms with Gasteiger partial charge in [-0.15, -0.1) is 0 Å². The van der Waals surface area contributed by atoms with Crippen LogP contribution in [0.25, 0.3) is 0 Å². The number of rotatable bonds is 5. The molecule has 8 heteroatoms. The monoisotopic (exact) mass is 262 g/mol. The summed E-state index contributed by atoms with van der Waals surface area (Å²) < 4.78 is 26.3. The van der Waals surface area contributed by atoms with E-state index < -0.39 is 40.0 Å². The van der Waals surface area contributed by atoms with Crippen LogP contribution in [0.5, 0.6) is 0 Å². The molecule has 6 nitrogen and oxygen atoms in total. The van der Waals surface area contributed by atoms with Gasteiger partial charge >= 0.3 is 5.69 Å². The molecule has 0 fully saturated rings. The molecule has 0 bridgehead atoms. The highest BCUT2D eigenvalue weighted by atomic mass is 19.1. The van der Waals surface area contributed by atoms with Gasteiger partial charge in [-0.25, -0.2) is 4.39 Å². The molecule has 1 aromatic rings. The second-order valence-electron chi connectivity index (χ2n) is 3.65. The van der Waals surface area contributed by atoms with E-state index in [1.165, 1.54) is 7.05 Å². The third-order valence-corrected chi connectivity index (χ3v) is 2.34. The molecule has 3 N–H and O–H groups in total. The fraction of sp³-hybridized carbons (Fsp3) is 0.400. The number of aliphatic hydroxyl groups is 2. The number of nitro groups is 1. The first-order valence-electron chi connectivity index (χ1n) is 5.02. The van der Waals surface area contributed by atoms with E-state index in [0.717, 1.165) is 0 Å². The van der Waals surface area contributed by atoms with Crippen molar-refractivity contribution in [2.45, 2.75) is 12.2 Å². The maximum absolute atomic E-state index is 13.3.